The molecule has 0 bridgehead atoms. The maximum Gasteiger partial charge on any atom is 0.264 e. The number of amides is 1. The predicted molar refractivity (Wildman–Crippen MR) is 92.8 cm³/mol. The van der Waals surface area contributed by atoms with Crippen LogP contribution in [0.5, 0.6) is 11.5 Å². The van der Waals surface area contributed by atoms with E-state index in [2.05, 4.69) is 15.5 Å². The summed E-state index contributed by atoms with van der Waals surface area (Å²) in [5.41, 5.74) is 0.887. The van der Waals surface area contributed by atoms with Gasteiger partial charge in [-0.25, -0.2) is 0 Å². The van der Waals surface area contributed by atoms with E-state index < -0.39 is 6.10 Å². The highest BCUT2D eigenvalue weighted by Gasteiger charge is 2.27. The Bertz CT molecular complexity index is 895. The van der Waals surface area contributed by atoms with E-state index in [-0.39, 0.29) is 12.5 Å². The molecule has 0 saturated heterocycles. The third-order valence-electron chi connectivity index (χ3n) is 3.94. The van der Waals surface area contributed by atoms with Crippen LogP contribution in [0.1, 0.15) is 5.89 Å². The molecule has 0 spiro atoms. The van der Waals surface area contributed by atoms with Gasteiger partial charge in [-0.05, 0) is 12.1 Å². The van der Waals surface area contributed by atoms with Crippen molar-refractivity contribution in [2.24, 2.45) is 0 Å². The van der Waals surface area contributed by atoms with Crippen LogP contribution in [-0.4, -0.2) is 35.3 Å². The number of carbonyl (C=O) groups excluding carboxylic acids is 1. The van der Waals surface area contributed by atoms with Gasteiger partial charge in [-0.2, -0.15) is 4.98 Å². The number of carbonyl (C=O) groups is 1. The molecule has 7 nitrogen and oxygen atoms in total. The first kappa shape index (κ1) is 16.1. The summed E-state index contributed by atoms with van der Waals surface area (Å²) < 4.78 is 16.4. The number of nitrogens with zero attached hydrogens (tertiary/aromatic N) is 2. The zero-order valence-electron chi connectivity index (χ0n) is 13.9. The SMILES string of the molecule is O=C(NCCc1nc(-c2ccccc2)no1)[C@@H]1COc2ccccc2O1. The van der Waals surface area contributed by atoms with Crippen LogP contribution >= 0.6 is 0 Å². The molecule has 1 aliphatic heterocycles. The van der Waals surface area contributed by atoms with Crippen LogP contribution in [0, 0.1) is 0 Å². The van der Waals surface area contributed by atoms with Gasteiger partial charge >= 0.3 is 0 Å². The lowest BCUT2D eigenvalue weighted by molar-refractivity contribution is -0.130. The lowest BCUT2D eigenvalue weighted by Crippen LogP contribution is -2.44. The van der Waals surface area contributed by atoms with Crippen molar-refractivity contribution < 1.29 is 18.8 Å². The molecular formula is C19H17N3O4. The van der Waals surface area contributed by atoms with Gasteiger partial charge in [-0.1, -0.05) is 47.6 Å². The maximum absolute atomic E-state index is 12.2. The zero-order chi connectivity index (χ0) is 17.8. The van der Waals surface area contributed by atoms with Crippen LogP contribution in [-0.2, 0) is 11.2 Å². The Morgan fingerprint density at radius 2 is 1.85 bits per heavy atom. The van der Waals surface area contributed by atoms with Gasteiger partial charge in [0.15, 0.2) is 11.5 Å². The third kappa shape index (κ3) is 3.51. The number of hydrogen-bond donors (Lipinski definition) is 1. The van der Waals surface area contributed by atoms with E-state index in [0.717, 1.165) is 5.56 Å². The van der Waals surface area contributed by atoms with E-state index in [0.29, 0.717) is 36.2 Å². The summed E-state index contributed by atoms with van der Waals surface area (Å²) in [6.45, 7) is 0.554. The molecule has 0 unspecified atom stereocenters. The van der Waals surface area contributed by atoms with Crippen molar-refractivity contribution in [1.29, 1.82) is 0 Å². The predicted octanol–water partition coefficient (Wildman–Crippen LogP) is 2.24. The van der Waals surface area contributed by atoms with E-state index in [1.165, 1.54) is 0 Å². The van der Waals surface area contributed by atoms with Crippen LogP contribution in [0.3, 0.4) is 0 Å². The summed E-state index contributed by atoms with van der Waals surface area (Å²) >= 11 is 0. The van der Waals surface area contributed by atoms with Crippen LogP contribution < -0.4 is 14.8 Å². The quantitative estimate of drug-likeness (QED) is 0.759. The summed E-state index contributed by atoms with van der Waals surface area (Å²) in [7, 11) is 0. The molecule has 0 aliphatic carbocycles. The normalized spacial score (nSPS) is 15.5. The van der Waals surface area contributed by atoms with E-state index in [4.69, 9.17) is 14.0 Å². The standard InChI is InChI=1S/C19H17N3O4/c23-19(16-12-24-14-8-4-5-9-15(14)25-16)20-11-10-17-21-18(22-26-17)13-6-2-1-3-7-13/h1-9,16H,10-12H2,(H,20,23)/t16-/m0/s1. The Balaban J connectivity index is 1.29. The minimum absolute atomic E-state index is 0.182. The Morgan fingerprint density at radius 1 is 1.08 bits per heavy atom. The summed E-state index contributed by atoms with van der Waals surface area (Å²) in [4.78, 5) is 16.6. The molecule has 1 aromatic heterocycles. The molecular weight excluding hydrogens is 334 g/mol. The van der Waals surface area contributed by atoms with Crippen molar-refractivity contribution >= 4 is 5.91 Å². The Kier molecular flexibility index (Phi) is 4.51. The van der Waals surface area contributed by atoms with Crippen molar-refractivity contribution in [1.82, 2.24) is 15.5 Å². The lowest BCUT2D eigenvalue weighted by Gasteiger charge is -2.25. The number of para-hydroxylation sites is 2. The highest BCUT2D eigenvalue weighted by molar-refractivity contribution is 5.81. The molecule has 1 atom stereocenters. The number of hydrogen-bond acceptors (Lipinski definition) is 6. The van der Waals surface area contributed by atoms with Gasteiger partial charge in [0.25, 0.3) is 5.91 Å². The van der Waals surface area contributed by atoms with Gasteiger partial charge in [0, 0.05) is 18.5 Å². The summed E-state index contributed by atoms with van der Waals surface area (Å²) in [5.74, 6) is 1.99. The van der Waals surface area contributed by atoms with Crippen molar-refractivity contribution in [2.75, 3.05) is 13.2 Å². The maximum atomic E-state index is 12.2. The largest absolute Gasteiger partial charge is 0.485 e. The fraction of sp³-hybridized carbons (Fsp3) is 0.211. The molecule has 3 aromatic rings. The summed E-state index contributed by atoms with van der Waals surface area (Å²) in [5, 5.41) is 6.76. The fourth-order valence-corrected chi connectivity index (χ4v) is 2.62. The summed E-state index contributed by atoms with van der Waals surface area (Å²) in [6, 6.07) is 16.9. The van der Waals surface area contributed by atoms with Crippen molar-refractivity contribution in [3.63, 3.8) is 0 Å². The molecule has 2 aromatic carbocycles. The van der Waals surface area contributed by atoms with Gasteiger partial charge in [0.1, 0.15) is 6.61 Å². The van der Waals surface area contributed by atoms with Crippen LogP contribution in [0.2, 0.25) is 0 Å². The smallest absolute Gasteiger partial charge is 0.264 e. The molecule has 0 fully saturated rings. The zero-order valence-corrected chi connectivity index (χ0v) is 13.9. The molecule has 0 saturated carbocycles. The van der Waals surface area contributed by atoms with Gasteiger partial charge < -0.3 is 19.3 Å². The van der Waals surface area contributed by atoms with E-state index in [1.54, 1.807) is 6.07 Å². The lowest BCUT2D eigenvalue weighted by atomic mass is 10.2. The molecule has 26 heavy (non-hydrogen) atoms. The Morgan fingerprint density at radius 3 is 2.69 bits per heavy atom. The molecule has 1 aliphatic rings. The highest BCUT2D eigenvalue weighted by Crippen LogP contribution is 2.30. The van der Waals surface area contributed by atoms with Crippen molar-refractivity contribution in [3.8, 4) is 22.9 Å². The second-order valence-corrected chi connectivity index (χ2v) is 5.78. The van der Waals surface area contributed by atoms with E-state index >= 15 is 0 Å². The highest BCUT2D eigenvalue weighted by atomic mass is 16.6. The van der Waals surface area contributed by atoms with E-state index in [9.17, 15) is 4.79 Å². The molecule has 7 heteroatoms. The van der Waals surface area contributed by atoms with Gasteiger partial charge in [-0.15, -0.1) is 0 Å². The van der Waals surface area contributed by atoms with Crippen molar-refractivity contribution in [3.05, 3.63) is 60.5 Å². The fourth-order valence-electron chi connectivity index (χ4n) is 2.62. The molecule has 1 amide bonds. The minimum atomic E-state index is -0.674. The van der Waals surface area contributed by atoms with Crippen LogP contribution in [0.15, 0.2) is 59.1 Å². The number of benzene rings is 2. The number of fused-ring (bicyclic) bond motifs is 1. The molecule has 132 valence electrons. The first-order chi connectivity index (χ1) is 12.8. The Hall–Kier alpha value is -3.35. The topological polar surface area (TPSA) is 86.5 Å². The van der Waals surface area contributed by atoms with Crippen LogP contribution in [0.4, 0.5) is 0 Å². The first-order valence-corrected chi connectivity index (χ1v) is 8.34. The minimum Gasteiger partial charge on any atom is -0.485 e. The molecule has 0 radical (unpaired) electrons. The number of aromatic nitrogens is 2. The molecule has 4 rings (SSSR count). The molecule has 1 N–H and O–H groups in total. The summed E-state index contributed by atoms with van der Waals surface area (Å²) in [6.07, 6.45) is -0.233. The Labute approximate surface area is 149 Å². The number of ether oxygens (including phenoxy) is 2. The van der Waals surface area contributed by atoms with E-state index in [1.807, 2.05) is 48.5 Å². The second-order valence-electron chi connectivity index (χ2n) is 5.78. The average molecular weight is 351 g/mol. The van der Waals surface area contributed by atoms with Gasteiger partial charge in [-0.3, -0.25) is 4.79 Å². The van der Waals surface area contributed by atoms with Gasteiger partial charge in [0.2, 0.25) is 17.8 Å². The average Bonchev–Trinajstić information content (AvgIpc) is 3.17. The van der Waals surface area contributed by atoms with Crippen LogP contribution in [0.25, 0.3) is 11.4 Å². The first-order valence-electron chi connectivity index (χ1n) is 8.34. The monoisotopic (exact) mass is 351 g/mol. The van der Waals surface area contributed by atoms with Crippen molar-refractivity contribution in [2.45, 2.75) is 12.5 Å². The molecule has 2 heterocycles. The second kappa shape index (κ2) is 7.26. The number of nitrogens with one attached hydrogen (secondary N) is 1. The van der Waals surface area contributed by atoms with Gasteiger partial charge in [0.05, 0.1) is 0 Å². The third-order valence-corrected chi connectivity index (χ3v) is 3.94. The number of rotatable bonds is 5.